The first-order valence-corrected chi connectivity index (χ1v) is 5.01. The van der Waals surface area contributed by atoms with Crippen LogP contribution in [0.5, 0.6) is 5.75 Å². The molecule has 1 N–H and O–H groups in total. The van der Waals surface area contributed by atoms with Gasteiger partial charge in [0.05, 0.1) is 13.3 Å². The van der Waals surface area contributed by atoms with E-state index in [2.05, 4.69) is 17.2 Å². The Kier molecular flexibility index (Phi) is 4.90. The summed E-state index contributed by atoms with van der Waals surface area (Å²) in [6.45, 7) is 2.86. The van der Waals surface area contributed by atoms with Crippen molar-refractivity contribution in [3.8, 4) is 5.75 Å². The summed E-state index contributed by atoms with van der Waals surface area (Å²) in [6, 6.07) is 4.14. The summed E-state index contributed by atoms with van der Waals surface area (Å²) in [4.78, 5) is 4.22. The number of nitrogens with one attached hydrogen (secondary N) is 1. The topological polar surface area (TPSA) is 43.4 Å². The first-order chi connectivity index (χ1) is 7.26. The lowest BCUT2D eigenvalue weighted by molar-refractivity contribution is 0.191. The zero-order chi connectivity index (χ0) is 11.1. The van der Waals surface area contributed by atoms with Crippen molar-refractivity contribution >= 4 is 5.82 Å². The summed E-state index contributed by atoms with van der Waals surface area (Å²) in [5.41, 5.74) is 0. The number of rotatable bonds is 6. The van der Waals surface area contributed by atoms with Gasteiger partial charge >= 0.3 is 0 Å². The highest BCUT2D eigenvalue weighted by atomic mass is 16.5. The van der Waals surface area contributed by atoms with Crippen LogP contribution in [0.4, 0.5) is 5.82 Å². The Morgan fingerprint density at radius 2 is 2.20 bits per heavy atom. The molecule has 0 saturated carbocycles. The molecular formula is C11H18N2O2. The number of pyridine rings is 1. The van der Waals surface area contributed by atoms with Gasteiger partial charge in [-0.1, -0.05) is 0 Å². The van der Waals surface area contributed by atoms with Crippen LogP contribution in [0.25, 0.3) is 0 Å². The molecule has 1 rings (SSSR count). The van der Waals surface area contributed by atoms with E-state index < -0.39 is 0 Å². The van der Waals surface area contributed by atoms with Gasteiger partial charge in [-0.2, -0.15) is 0 Å². The first kappa shape index (κ1) is 11.8. The van der Waals surface area contributed by atoms with Gasteiger partial charge in [0.1, 0.15) is 11.6 Å². The van der Waals surface area contributed by atoms with E-state index in [1.807, 2.05) is 12.1 Å². The molecule has 1 aromatic heterocycles. The third-order valence-electron chi connectivity index (χ3n) is 2.12. The summed E-state index contributed by atoms with van der Waals surface area (Å²) in [6.07, 6.45) is 2.66. The largest absolute Gasteiger partial charge is 0.495 e. The minimum atomic E-state index is 0.353. The second-order valence-electron chi connectivity index (χ2n) is 3.41. The van der Waals surface area contributed by atoms with E-state index in [1.54, 1.807) is 20.4 Å². The van der Waals surface area contributed by atoms with E-state index in [-0.39, 0.29) is 0 Å². The van der Waals surface area contributed by atoms with E-state index in [9.17, 15) is 0 Å². The van der Waals surface area contributed by atoms with E-state index in [0.29, 0.717) is 6.04 Å². The van der Waals surface area contributed by atoms with Gasteiger partial charge in [-0.15, -0.1) is 0 Å². The van der Waals surface area contributed by atoms with Crippen molar-refractivity contribution in [2.75, 3.05) is 26.1 Å². The van der Waals surface area contributed by atoms with Crippen LogP contribution in [0, 0.1) is 0 Å². The average Bonchev–Trinajstić information content (AvgIpc) is 2.27. The maximum Gasteiger partial charge on any atom is 0.137 e. The second-order valence-corrected chi connectivity index (χ2v) is 3.41. The normalized spacial score (nSPS) is 12.2. The fraction of sp³-hybridized carbons (Fsp3) is 0.545. The molecule has 1 atom stereocenters. The molecule has 0 aliphatic rings. The number of methoxy groups -OCH3 is 2. The molecule has 0 aromatic carbocycles. The van der Waals surface area contributed by atoms with Crippen LogP contribution in [0.3, 0.4) is 0 Å². The molecule has 0 saturated heterocycles. The standard InChI is InChI=1S/C11H18N2O2/c1-9(6-7-14-2)13-11-5-4-10(15-3)8-12-11/h4-5,8-9H,6-7H2,1-3H3,(H,12,13). The van der Waals surface area contributed by atoms with Crippen LogP contribution >= 0.6 is 0 Å². The number of aromatic nitrogens is 1. The van der Waals surface area contributed by atoms with Crippen molar-refractivity contribution in [2.24, 2.45) is 0 Å². The third kappa shape index (κ3) is 4.16. The van der Waals surface area contributed by atoms with Crippen molar-refractivity contribution in [3.05, 3.63) is 18.3 Å². The fourth-order valence-electron chi connectivity index (χ4n) is 1.21. The lowest BCUT2D eigenvalue weighted by atomic mass is 10.2. The van der Waals surface area contributed by atoms with Gasteiger partial charge in [-0.05, 0) is 25.5 Å². The molecule has 1 heterocycles. The van der Waals surface area contributed by atoms with Gasteiger partial charge in [0.25, 0.3) is 0 Å². The van der Waals surface area contributed by atoms with Crippen LogP contribution in [0.2, 0.25) is 0 Å². The molecule has 0 bridgehead atoms. The van der Waals surface area contributed by atoms with Crippen LogP contribution in [-0.2, 0) is 4.74 Å². The summed E-state index contributed by atoms with van der Waals surface area (Å²) in [7, 11) is 3.34. The first-order valence-electron chi connectivity index (χ1n) is 5.01. The molecule has 0 radical (unpaired) electrons. The Morgan fingerprint density at radius 3 is 2.73 bits per heavy atom. The summed E-state index contributed by atoms with van der Waals surface area (Å²) < 4.78 is 10.0. The van der Waals surface area contributed by atoms with Crippen LogP contribution in [-0.4, -0.2) is 31.9 Å². The van der Waals surface area contributed by atoms with E-state index in [1.165, 1.54) is 0 Å². The Morgan fingerprint density at radius 1 is 1.40 bits per heavy atom. The average molecular weight is 210 g/mol. The molecule has 0 fully saturated rings. The lowest BCUT2D eigenvalue weighted by Gasteiger charge is -2.13. The van der Waals surface area contributed by atoms with Gasteiger partial charge in [0.15, 0.2) is 0 Å². The highest BCUT2D eigenvalue weighted by molar-refractivity contribution is 5.38. The molecule has 0 amide bonds. The predicted octanol–water partition coefficient (Wildman–Crippen LogP) is 1.93. The minimum Gasteiger partial charge on any atom is -0.495 e. The van der Waals surface area contributed by atoms with Crippen molar-refractivity contribution in [3.63, 3.8) is 0 Å². The molecule has 4 heteroatoms. The molecule has 0 aliphatic heterocycles. The Hall–Kier alpha value is -1.29. The molecule has 84 valence electrons. The maximum absolute atomic E-state index is 5.03. The number of hydrogen-bond donors (Lipinski definition) is 1. The molecule has 4 nitrogen and oxygen atoms in total. The van der Waals surface area contributed by atoms with E-state index in [4.69, 9.17) is 9.47 Å². The second kappa shape index (κ2) is 6.24. The zero-order valence-corrected chi connectivity index (χ0v) is 9.49. The van der Waals surface area contributed by atoms with Gasteiger partial charge < -0.3 is 14.8 Å². The van der Waals surface area contributed by atoms with E-state index in [0.717, 1.165) is 24.6 Å². The van der Waals surface area contributed by atoms with Crippen LogP contribution in [0.1, 0.15) is 13.3 Å². The molecule has 0 spiro atoms. The molecular weight excluding hydrogens is 192 g/mol. The summed E-state index contributed by atoms with van der Waals surface area (Å²) in [5, 5.41) is 3.28. The van der Waals surface area contributed by atoms with Crippen molar-refractivity contribution < 1.29 is 9.47 Å². The van der Waals surface area contributed by atoms with Crippen molar-refractivity contribution in [1.29, 1.82) is 0 Å². The summed E-state index contributed by atoms with van der Waals surface area (Å²) in [5.74, 6) is 1.63. The van der Waals surface area contributed by atoms with Crippen molar-refractivity contribution in [2.45, 2.75) is 19.4 Å². The molecule has 0 aliphatic carbocycles. The highest BCUT2D eigenvalue weighted by Gasteiger charge is 2.02. The zero-order valence-electron chi connectivity index (χ0n) is 9.49. The fourth-order valence-corrected chi connectivity index (χ4v) is 1.21. The Labute approximate surface area is 90.6 Å². The molecule has 1 aromatic rings. The Bertz CT molecular complexity index is 274. The number of anilines is 1. The molecule has 15 heavy (non-hydrogen) atoms. The van der Waals surface area contributed by atoms with Gasteiger partial charge in [-0.25, -0.2) is 4.98 Å². The van der Waals surface area contributed by atoms with Crippen LogP contribution < -0.4 is 10.1 Å². The maximum atomic E-state index is 5.03. The minimum absolute atomic E-state index is 0.353. The number of hydrogen-bond acceptors (Lipinski definition) is 4. The smallest absolute Gasteiger partial charge is 0.137 e. The number of nitrogens with zero attached hydrogens (tertiary/aromatic N) is 1. The quantitative estimate of drug-likeness (QED) is 0.779. The van der Waals surface area contributed by atoms with Crippen LogP contribution in [0.15, 0.2) is 18.3 Å². The Balaban J connectivity index is 2.42. The predicted molar refractivity (Wildman–Crippen MR) is 60.4 cm³/mol. The van der Waals surface area contributed by atoms with Gasteiger partial charge in [-0.3, -0.25) is 0 Å². The van der Waals surface area contributed by atoms with Gasteiger partial charge in [0, 0.05) is 19.8 Å². The lowest BCUT2D eigenvalue weighted by Crippen LogP contribution is -2.17. The van der Waals surface area contributed by atoms with Crippen molar-refractivity contribution in [1.82, 2.24) is 4.98 Å². The SMILES string of the molecule is COCCC(C)Nc1ccc(OC)cn1. The third-order valence-corrected chi connectivity index (χ3v) is 2.12. The van der Waals surface area contributed by atoms with E-state index >= 15 is 0 Å². The van der Waals surface area contributed by atoms with Gasteiger partial charge in [0.2, 0.25) is 0 Å². The highest BCUT2D eigenvalue weighted by Crippen LogP contribution is 2.12. The molecule has 1 unspecified atom stereocenters. The monoisotopic (exact) mass is 210 g/mol. The number of ether oxygens (including phenoxy) is 2. The summed E-state index contributed by atoms with van der Waals surface area (Å²) >= 11 is 0.